The third-order valence-corrected chi connectivity index (χ3v) is 5.62. The Morgan fingerprint density at radius 3 is 2.52 bits per heavy atom. The van der Waals surface area contributed by atoms with Gasteiger partial charge in [-0.3, -0.25) is 4.79 Å². The molecule has 0 aliphatic carbocycles. The molecule has 1 fully saturated rings. The van der Waals surface area contributed by atoms with Gasteiger partial charge in [0.05, 0.1) is 18.2 Å². The van der Waals surface area contributed by atoms with Crippen LogP contribution < -0.4 is 9.47 Å². The van der Waals surface area contributed by atoms with Crippen LogP contribution in [0.1, 0.15) is 35.7 Å². The van der Waals surface area contributed by atoms with E-state index in [1.54, 1.807) is 13.2 Å². The Morgan fingerprint density at radius 2 is 1.89 bits per heavy atom. The average Bonchev–Trinajstić information content (AvgIpc) is 2.70. The largest absolute Gasteiger partial charge is 0.493 e. The van der Waals surface area contributed by atoms with E-state index in [2.05, 4.69) is 40.2 Å². The number of ether oxygens (including phenoxy) is 2. The number of methoxy groups -OCH3 is 1. The SMILES string of the molecule is CCOc1c(Br)cc(C(=O)N2CCC(Cc3ccccc3)CC2)cc1OC. The predicted octanol–water partition coefficient (Wildman–Crippen LogP) is 4.95. The van der Waals surface area contributed by atoms with Crippen molar-refractivity contribution in [2.24, 2.45) is 5.92 Å². The molecule has 0 N–H and O–H groups in total. The van der Waals surface area contributed by atoms with Gasteiger partial charge in [-0.05, 0) is 65.7 Å². The second-order valence-corrected chi connectivity index (χ2v) is 7.70. The summed E-state index contributed by atoms with van der Waals surface area (Å²) in [5.74, 6) is 1.90. The molecule has 2 aromatic carbocycles. The number of carbonyl (C=O) groups is 1. The third kappa shape index (κ3) is 4.83. The molecule has 5 heteroatoms. The highest BCUT2D eigenvalue weighted by atomic mass is 79.9. The van der Waals surface area contributed by atoms with Crippen LogP contribution in [0.15, 0.2) is 46.9 Å². The number of amides is 1. The first-order chi connectivity index (χ1) is 13.1. The lowest BCUT2D eigenvalue weighted by atomic mass is 9.90. The van der Waals surface area contributed by atoms with Gasteiger partial charge in [-0.25, -0.2) is 0 Å². The lowest BCUT2D eigenvalue weighted by Gasteiger charge is -2.32. The van der Waals surface area contributed by atoms with Crippen LogP contribution in [0.4, 0.5) is 0 Å². The number of hydrogen-bond donors (Lipinski definition) is 0. The highest BCUT2D eigenvalue weighted by Crippen LogP contribution is 2.37. The Hall–Kier alpha value is -2.01. The highest BCUT2D eigenvalue weighted by molar-refractivity contribution is 9.10. The molecule has 1 amide bonds. The highest BCUT2D eigenvalue weighted by Gasteiger charge is 2.25. The van der Waals surface area contributed by atoms with Crippen molar-refractivity contribution in [3.05, 3.63) is 58.1 Å². The molecule has 0 atom stereocenters. The van der Waals surface area contributed by atoms with Crippen LogP contribution in [0, 0.1) is 5.92 Å². The molecule has 0 spiro atoms. The van der Waals surface area contributed by atoms with Gasteiger partial charge in [0.2, 0.25) is 0 Å². The van der Waals surface area contributed by atoms with E-state index in [9.17, 15) is 4.79 Å². The van der Waals surface area contributed by atoms with Gasteiger partial charge in [-0.1, -0.05) is 30.3 Å². The van der Waals surface area contributed by atoms with Crippen molar-refractivity contribution in [1.29, 1.82) is 0 Å². The zero-order valence-electron chi connectivity index (χ0n) is 15.9. The molecule has 1 heterocycles. The molecule has 0 bridgehead atoms. The zero-order valence-corrected chi connectivity index (χ0v) is 17.5. The minimum Gasteiger partial charge on any atom is -0.493 e. The fraction of sp³-hybridized carbons (Fsp3) is 0.409. The Morgan fingerprint density at radius 1 is 1.19 bits per heavy atom. The van der Waals surface area contributed by atoms with Crippen LogP contribution >= 0.6 is 15.9 Å². The molecule has 0 aromatic heterocycles. The summed E-state index contributed by atoms with van der Waals surface area (Å²) in [6.07, 6.45) is 3.16. The van der Waals surface area contributed by atoms with Crippen LogP contribution in [-0.2, 0) is 6.42 Å². The van der Waals surface area contributed by atoms with Crippen molar-refractivity contribution in [2.75, 3.05) is 26.8 Å². The summed E-state index contributed by atoms with van der Waals surface area (Å²) in [7, 11) is 1.59. The average molecular weight is 432 g/mol. The number of piperidine rings is 1. The molecule has 4 nitrogen and oxygen atoms in total. The van der Waals surface area contributed by atoms with E-state index < -0.39 is 0 Å². The van der Waals surface area contributed by atoms with Crippen molar-refractivity contribution in [3.8, 4) is 11.5 Å². The monoisotopic (exact) mass is 431 g/mol. The van der Waals surface area contributed by atoms with Gasteiger partial charge in [-0.2, -0.15) is 0 Å². The van der Waals surface area contributed by atoms with Crippen LogP contribution in [0.2, 0.25) is 0 Å². The Bertz CT molecular complexity index is 771. The molecular weight excluding hydrogens is 406 g/mol. The molecule has 1 aliphatic heterocycles. The van der Waals surface area contributed by atoms with E-state index in [-0.39, 0.29) is 5.91 Å². The molecule has 0 radical (unpaired) electrons. The number of halogens is 1. The molecule has 1 saturated heterocycles. The van der Waals surface area contributed by atoms with Crippen LogP contribution in [-0.4, -0.2) is 37.6 Å². The molecule has 2 aromatic rings. The topological polar surface area (TPSA) is 38.8 Å². The van der Waals surface area contributed by atoms with E-state index in [0.29, 0.717) is 29.6 Å². The summed E-state index contributed by atoms with van der Waals surface area (Å²) in [4.78, 5) is 14.9. The van der Waals surface area contributed by atoms with E-state index in [0.717, 1.165) is 36.8 Å². The number of nitrogens with zero attached hydrogens (tertiary/aromatic N) is 1. The zero-order chi connectivity index (χ0) is 19.2. The standard InChI is InChI=1S/C22H26BrNO3/c1-3-27-21-19(23)14-18(15-20(21)26-2)22(25)24-11-9-17(10-12-24)13-16-7-5-4-6-8-16/h4-8,14-15,17H,3,9-13H2,1-2H3. The predicted molar refractivity (Wildman–Crippen MR) is 111 cm³/mol. The normalized spacial score (nSPS) is 14.9. The fourth-order valence-electron chi connectivity index (χ4n) is 3.60. The Kier molecular flexibility index (Phi) is 6.78. The van der Waals surface area contributed by atoms with Crippen molar-refractivity contribution in [3.63, 3.8) is 0 Å². The van der Waals surface area contributed by atoms with E-state index >= 15 is 0 Å². The molecule has 144 valence electrons. The third-order valence-electron chi connectivity index (χ3n) is 5.03. The van der Waals surface area contributed by atoms with Crippen LogP contribution in [0.3, 0.4) is 0 Å². The number of rotatable bonds is 6. The fourth-order valence-corrected chi connectivity index (χ4v) is 4.15. The molecule has 0 saturated carbocycles. The van der Waals surface area contributed by atoms with Gasteiger partial charge < -0.3 is 14.4 Å². The number of benzene rings is 2. The minimum atomic E-state index is 0.0511. The smallest absolute Gasteiger partial charge is 0.254 e. The molecule has 27 heavy (non-hydrogen) atoms. The first-order valence-corrected chi connectivity index (χ1v) is 10.2. The first-order valence-electron chi connectivity index (χ1n) is 9.46. The summed E-state index contributed by atoms with van der Waals surface area (Å²) >= 11 is 3.50. The quantitative estimate of drug-likeness (QED) is 0.649. The van der Waals surface area contributed by atoms with Gasteiger partial charge in [0.25, 0.3) is 5.91 Å². The maximum absolute atomic E-state index is 13.0. The van der Waals surface area contributed by atoms with Gasteiger partial charge in [0.15, 0.2) is 11.5 Å². The van der Waals surface area contributed by atoms with Crippen LogP contribution in [0.25, 0.3) is 0 Å². The molecule has 3 rings (SSSR count). The first kappa shape index (κ1) is 19.7. The van der Waals surface area contributed by atoms with E-state index in [4.69, 9.17) is 9.47 Å². The van der Waals surface area contributed by atoms with Gasteiger partial charge in [-0.15, -0.1) is 0 Å². The Labute approximate surface area is 169 Å². The van der Waals surface area contributed by atoms with Crippen LogP contribution in [0.5, 0.6) is 11.5 Å². The van der Waals surface area contributed by atoms with Crippen molar-refractivity contribution in [1.82, 2.24) is 4.90 Å². The van der Waals surface area contributed by atoms with Gasteiger partial charge >= 0.3 is 0 Å². The summed E-state index contributed by atoms with van der Waals surface area (Å²) in [6.45, 7) is 4.05. The Balaban J connectivity index is 1.64. The summed E-state index contributed by atoms with van der Waals surface area (Å²) in [5.41, 5.74) is 2.01. The number of likely N-dealkylation sites (tertiary alicyclic amines) is 1. The lowest BCUT2D eigenvalue weighted by molar-refractivity contribution is 0.0690. The molecule has 1 aliphatic rings. The summed E-state index contributed by atoms with van der Waals surface area (Å²) in [5, 5.41) is 0. The van der Waals surface area contributed by atoms with E-state index in [1.807, 2.05) is 24.0 Å². The second-order valence-electron chi connectivity index (χ2n) is 6.85. The molecular formula is C22H26BrNO3. The van der Waals surface area contributed by atoms with Crippen molar-refractivity contribution < 1.29 is 14.3 Å². The number of hydrogen-bond acceptors (Lipinski definition) is 3. The second kappa shape index (κ2) is 9.27. The summed E-state index contributed by atoms with van der Waals surface area (Å²) < 4.78 is 11.8. The minimum absolute atomic E-state index is 0.0511. The lowest BCUT2D eigenvalue weighted by Crippen LogP contribution is -2.38. The van der Waals surface area contributed by atoms with Gasteiger partial charge in [0.1, 0.15) is 0 Å². The molecule has 0 unspecified atom stereocenters. The maximum Gasteiger partial charge on any atom is 0.254 e. The van der Waals surface area contributed by atoms with Crippen molar-refractivity contribution in [2.45, 2.75) is 26.2 Å². The van der Waals surface area contributed by atoms with Crippen molar-refractivity contribution >= 4 is 21.8 Å². The summed E-state index contributed by atoms with van der Waals surface area (Å²) in [6, 6.07) is 14.2. The van der Waals surface area contributed by atoms with E-state index in [1.165, 1.54) is 5.56 Å². The van der Waals surface area contributed by atoms with Gasteiger partial charge in [0, 0.05) is 18.7 Å². The number of carbonyl (C=O) groups excluding carboxylic acids is 1. The maximum atomic E-state index is 13.0.